The van der Waals surface area contributed by atoms with Crippen molar-refractivity contribution in [2.75, 3.05) is 14.2 Å². The van der Waals surface area contributed by atoms with E-state index in [0.29, 0.717) is 17.9 Å². The third-order valence-corrected chi connectivity index (χ3v) is 3.67. The van der Waals surface area contributed by atoms with Gasteiger partial charge in [-0.05, 0) is 43.2 Å². The lowest BCUT2D eigenvalue weighted by atomic mass is 10.1. The van der Waals surface area contributed by atoms with Crippen LogP contribution in [0.3, 0.4) is 0 Å². The van der Waals surface area contributed by atoms with Gasteiger partial charge in [0.05, 0.1) is 14.2 Å². The van der Waals surface area contributed by atoms with Gasteiger partial charge < -0.3 is 19.1 Å². The van der Waals surface area contributed by atoms with Crippen LogP contribution in [-0.2, 0) is 4.79 Å². The third-order valence-electron chi connectivity index (χ3n) is 3.67. The van der Waals surface area contributed by atoms with Crippen LogP contribution in [0.25, 0.3) is 11.3 Å². The van der Waals surface area contributed by atoms with Crippen LogP contribution in [0.1, 0.15) is 24.9 Å². The van der Waals surface area contributed by atoms with E-state index in [4.69, 9.17) is 9.47 Å². The Morgan fingerprint density at radius 1 is 1.23 bits per heavy atom. The number of benzene rings is 1. The fourth-order valence-electron chi connectivity index (χ4n) is 2.59. The van der Waals surface area contributed by atoms with Crippen LogP contribution < -0.4 is 9.47 Å². The molecule has 0 amide bonds. The number of aryl methyl sites for hydroxylation is 1. The van der Waals surface area contributed by atoms with Crippen molar-refractivity contribution in [2.45, 2.75) is 26.3 Å². The second kappa shape index (κ2) is 6.56. The Morgan fingerprint density at radius 3 is 2.45 bits per heavy atom. The minimum absolute atomic E-state index is 0.518. The molecule has 1 atom stereocenters. The van der Waals surface area contributed by atoms with E-state index in [1.165, 1.54) is 0 Å². The maximum atomic E-state index is 11.5. The highest BCUT2D eigenvalue weighted by molar-refractivity contribution is 5.74. The van der Waals surface area contributed by atoms with Crippen molar-refractivity contribution < 1.29 is 19.4 Å². The van der Waals surface area contributed by atoms with Gasteiger partial charge in [0.15, 0.2) is 11.5 Å². The number of nitrogens with zero attached hydrogens (tertiary/aromatic N) is 1. The molecule has 1 unspecified atom stereocenters. The zero-order chi connectivity index (χ0) is 16.3. The van der Waals surface area contributed by atoms with Gasteiger partial charge in [-0.25, -0.2) is 4.79 Å². The van der Waals surface area contributed by atoms with Gasteiger partial charge in [0.1, 0.15) is 6.04 Å². The van der Waals surface area contributed by atoms with Crippen molar-refractivity contribution in [3.05, 3.63) is 36.0 Å². The number of carboxylic acids is 1. The van der Waals surface area contributed by atoms with Gasteiger partial charge in [-0.15, -0.1) is 0 Å². The predicted molar refractivity (Wildman–Crippen MR) is 84.7 cm³/mol. The number of aromatic nitrogens is 1. The molecule has 0 saturated carbocycles. The summed E-state index contributed by atoms with van der Waals surface area (Å²) in [7, 11) is 3.17. The molecule has 1 heterocycles. The van der Waals surface area contributed by atoms with Gasteiger partial charge in [0, 0.05) is 17.5 Å². The largest absolute Gasteiger partial charge is 0.493 e. The number of hydrogen-bond donors (Lipinski definition) is 1. The van der Waals surface area contributed by atoms with E-state index in [-0.39, 0.29) is 0 Å². The van der Waals surface area contributed by atoms with Crippen LogP contribution in [0.2, 0.25) is 0 Å². The molecule has 0 aliphatic rings. The van der Waals surface area contributed by atoms with Crippen molar-refractivity contribution in [1.82, 2.24) is 4.57 Å². The maximum absolute atomic E-state index is 11.5. The number of rotatable bonds is 6. The van der Waals surface area contributed by atoms with E-state index in [1.54, 1.807) is 18.8 Å². The molecule has 0 radical (unpaired) electrons. The monoisotopic (exact) mass is 303 g/mol. The molecule has 0 aliphatic heterocycles. The van der Waals surface area contributed by atoms with Crippen LogP contribution >= 0.6 is 0 Å². The molecule has 1 aromatic heterocycles. The second-order valence-corrected chi connectivity index (χ2v) is 5.14. The number of methoxy groups -OCH3 is 2. The van der Waals surface area contributed by atoms with Crippen LogP contribution in [0.4, 0.5) is 0 Å². The SMILES string of the molecule is CCC(C(=O)O)n1cc(C)cc1-c1ccc(OC)c(OC)c1. The van der Waals surface area contributed by atoms with E-state index in [1.807, 2.05) is 44.3 Å². The fraction of sp³-hybridized carbons (Fsp3) is 0.353. The highest BCUT2D eigenvalue weighted by Crippen LogP contribution is 2.34. The highest BCUT2D eigenvalue weighted by atomic mass is 16.5. The molecule has 1 aromatic carbocycles. The molecule has 22 heavy (non-hydrogen) atoms. The molecule has 0 bridgehead atoms. The summed E-state index contributed by atoms with van der Waals surface area (Å²) in [5.74, 6) is 0.431. The fourth-order valence-corrected chi connectivity index (χ4v) is 2.59. The first kappa shape index (κ1) is 15.9. The van der Waals surface area contributed by atoms with Gasteiger partial charge in [-0.3, -0.25) is 0 Å². The lowest BCUT2D eigenvalue weighted by molar-refractivity contribution is -0.140. The van der Waals surface area contributed by atoms with Crippen LogP contribution in [0.15, 0.2) is 30.5 Å². The Morgan fingerprint density at radius 2 is 1.91 bits per heavy atom. The van der Waals surface area contributed by atoms with Gasteiger partial charge >= 0.3 is 5.97 Å². The van der Waals surface area contributed by atoms with Gasteiger partial charge in [0.2, 0.25) is 0 Å². The van der Waals surface area contributed by atoms with Gasteiger partial charge in [0.25, 0.3) is 0 Å². The molecule has 2 rings (SSSR count). The Balaban J connectivity index is 2.55. The zero-order valence-electron chi connectivity index (χ0n) is 13.3. The average molecular weight is 303 g/mol. The van der Waals surface area contributed by atoms with Crippen LogP contribution in [0, 0.1) is 6.92 Å². The standard InChI is InChI=1S/C17H21NO4/c1-5-13(17(19)20)18-10-11(2)8-14(18)12-6-7-15(21-3)16(9-12)22-4/h6-10,13H,5H2,1-4H3,(H,19,20). The quantitative estimate of drug-likeness (QED) is 0.887. The molecule has 0 saturated heterocycles. The number of ether oxygens (including phenoxy) is 2. The van der Waals surface area contributed by atoms with E-state index < -0.39 is 12.0 Å². The Bertz CT molecular complexity index is 675. The second-order valence-electron chi connectivity index (χ2n) is 5.14. The minimum Gasteiger partial charge on any atom is -0.493 e. The summed E-state index contributed by atoms with van der Waals surface area (Å²) in [6, 6.07) is 6.98. The number of aliphatic carboxylic acids is 1. The lowest BCUT2D eigenvalue weighted by Gasteiger charge is -2.17. The summed E-state index contributed by atoms with van der Waals surface area (Å²) in [6.07, 6.45) is 2.39. The normalized spacial score (nSPS) is 12.0. The smallest absolute Gasteiger partial charge is 0.326 e. The highest BCUT2D eigenvalue weighted by Gasteiger charge is 2.21. The molecule has 118 valence electrons. The number of carbonyl (C=O) groups is 1. The summed E-state index contributed by atoms with van der Waals surface area (Å²) in [5.41, 5.74) is 2.77. The van der Waals surface area contributed by atoms with Crippen molar-refractivity contribution >= 4 is 5.97 Å². The topological polar surface area (TPSA) is 60.7 Å². The number of hydrogen-bond acceptors (Lipinski definition) is 3. The third kappa shape index (κ3) is 2.93. The van der Waals surface area contributed by atoms with Crippen molar-refractivity contribution in [3.8, 4) is 22.8 Å². The number of carboxylic acid groups (broad SMARTS) is 1. The van der Waals surface area contributed by atoms with Crippen LogP contribution in [0.5, 0.6) is 11.5 Å². The molecule has 0 spiro atoms. The minimum atomic E-state index is -0.833. The van der Waals surface area contributed by atoms with E-state index in [0.717, 1.165) is 16.8 Å². The van der Waals surface area contributed by atoms with Gasteiger partial charge in [-0.1, -0.05) is 6.92 Å². The summed E-state index contributed by atoms with van der Waals surface area (Å²) in [6.45, 7) is 3.82. The molecule has 5 nitrogen and oxygen atoms in total. The first-order valence-corrected chi connectivity index (χ1v) is 7.15. The van der Waals surface area contributed by atoms with Crippen molar-refractivity contribution in [3.63, 3.8) is 0 Å². The molecular weight excluding hydrogens is 282 g/mol. The average Bonchev–Trinajstić information content (AvgIpc) is 2.88. The van der Waals surface area contributed by atoms with E-state index in [2.05, 4.69) is 0 Å². The molecule has 0 aliphatic carbocycles. The first-order valence-electron chi connectivity index (χ1n) is 7.15. The Labute approximate surface area is 130 Å². The van der Waals surface area contributed by atoms with Gasteiger partial charge in [-0.2, -0.15) is 0 Å². The molecule has 1 N–H and O–H groups in total. The molecular formula is C17H21NO4. The summed E-state index contributed by atoms with van der Waals surface area (Å²) in [4.78, 5) is 11.5. The summed E-state index contributed by atoms with van der Waals surface area (Å²) >= 11 is 0. The van der Waals surface area contributed by atoms with E-state index in [9.17, 15) is 9.90 Å². The maximum Gasteiger partial charge on any atom is 0.326 e. The van der Waals surface area contributed by atoms with Crippen molar-refractivity contribution in [1.29, 1.82) is 0 Å². The summed E-state index contributed by atoms with van der Waals surface area (Å²) < 4.78 is 12.4. The lowest BCUT2D eigenvalue weighted by Crippen LogP contribution is -2.18. The Kier molecular flexibility index (Phi) is 4.75. The first-order chi connectivity index (χ1) is 10.5. The van der Waals surface area contributed by atoms with Crippen LogP contribution in [-0.4, -0.2) is 29.9 Å². The summed E-state index contributed by atoms with van der Waals surface area (Å²) in [5, 5.41) is 9.42. The molecule has 0 fully saturated rings. The molecule has 5 heteroatoms. The molecule has 2 aromatic rings. The van der Waals surface area contributed by atoms with E-state index >= 15 is 0 Å². The zero-order valence-corrected chi connectivity index (χ0v) is 13.3. The predicted octanol–water partition coefficient (Wildman–Crippen LogP) is 3.52. The Hall–Kier alpha value is -2.43. The van der Waals surface area contributed by atoms with Crippen molar-refractivity contribution in [2.24, 2.45) is 0 Å².